The average Bonchev–Trinajstić information content (AvgIpc) is 2.37. The molecule has 1 unspecified atom stereocenters. The van der Waals surface area contributed by atoms with Crippen LogP contribution in [-0.4, -0.2) is 85.6 Å². The third-order valence-corrected chi connectivity index (χ3v) is 3.53. The zero-order valence-electron chi connectivity index (χ0n) is 10.9. The summed E-state index contributed by atoms with van der Waals surface area (Å²) >= 11 is 0. The van der Waals surface area contributed by atoms with E-state index >= 15 is 0 Å². The van der Waals surface area contributed by atoms with Crippen LogP contribution in [0.1, 0.15) is 6.92 Å². The van der Waals surface area contributed by atoms with Crippen molar-refractivity contribution in [2.75, 3.05) is 52.5 Å². The fraction of sp³-hybridized carbons (Fsp3) is 0.917. The fourth-order valence-corrected chi connectivity index (χ4v) is 2.51. The number of morpholine rings is 2. The maximum absolute atomic E-state index is 11.4. The quantitative estimate of drug-likeness (QED) is 0.733. The molecular formula is C12H22N2O4. The second-order valence-electron chi connectivity index (χ2n) is 4.94. The van der Waals surface area contributed by atoms with E-state index in [-0.39, 0.29) is 6.10 Å². The highest BCUT2D eigenvalue weighted by molar-refractivity contribution is 5.73. The van der Waals surface area contributed by atoms with Gasteiger partial charge in [-0.25, -0.2) is 0 Å². The second kappa shape index (κ2) is 6.47. The van der Waals surface area contributed by atoms with Crippen LogP contribution in [0, 0.1) is 0 Å². The van der Waals surface area contributed by atoms with Crippen molar-refractivity contribution in [1.82, 2.24) is 9.80 Å². The lowest BCUT2D eigenvalue weighted by Gasteiger charge is -2.38. The van der Waals surface area contributed by atoms with Crippen LogP contribution in [0.3, 0.4) is 0 Å². The number of carboxylic acid groups (broad SMARTS) is 1. The first-order valence-electron chi connectivity index (χ1n) is 6.55. The number of carbonyl (C=O) groups is 1. The van der Waals surface area contributed by atoms with E-state index in [1.807, 2.05) is 11.8 Å². The van der Waals surface area contributed by atoms with Gasteiger partial charge in [-0.05, 0) is 6.92 Å². The van der Waals surface area contributed by atoms with Crippen molar-refractivity contribution in [2.45, 2.75) is 19.1 Å². The van der Waals surface area contributed by atoms with Gasteiger partial charge in [0.05, 0.1) is 25.9 Å². The summed E-state index contributed by atoms with van der Waals surface area (Å²) in [4.78, 5) is 15.6. The van der Waals surface area contributed by atoms with Crippen molar-refractivity contribution in [3.05, 3.63) is 0 Å². The maximum atomic E-state index is 11.4. The number of aliphatic carboxylic acids is 1. The molecule has 0 radical (unpaired) electrons. The third-order valence-electron chi connectivity index (χ3n) is 3.53. The first-order valence-corrected chi connectivity index (χ1v) is 6.55. The van der Waals surface area contributed by atoms with Gasteiger partial charge < -0.3 is 14.6 Å². The monoisotopic (exact) mass is 258 g/mol. The van der Waals surface area contributed by atoms with Gasteiger partial charge in [-0.1, -0.05) is 0 Å². The summed E-state index contributed by atoms with van der Waals surface area (Å²) in [6.45, 7) is 7.62. The van der Waals surface area contributed by atoms with Crippen LogP contribution in [0.25, 0.3) is 0 Å². The van der Waals surface area contributed by atoms with Gasteiger partial charge in [0.15, 0.2) is 0 Å². The van der Waals surface area contributed by atoms with Crippen LogP contribution in [0.2, 0.25) is 0 Å². The molecular weight excluding hydrogens is 236 g/mol. The molecule has 0 bridgehead atoms. The molecule has 1 N–H and O–H groups in total. The van der Waals surface area contributed by atoms with E-state index < -0.39 is 12.0 Å². The molecule has 6 nitrogen and oxygen atoms in total. The summed E-state index contributed by atoms with van der Waals surface area (Å²) in [5.41, 5.74) is 0. The van der Waals surface area contributed by atoms with Crippen molar-refractivity contribution in [3.63, 3.8) is 0 Å². The van der Waals surface area contributed by atoms with Gasteiger partial charge in [0.1, 0.15) is 6.04 Å². The molecule has 104 valence electrons. The van der Waals surface area contributed by atoms with Crippen molar-refractivity contribution in [1.29, 1.82) is 0 Å². The van der Waals surface area contributed by atoms with Crippen LogP contribution < -0.4 is 0 Å². The molecule has 2 fully saturated rings. The minimum Gasteiger partial charge on any atom is -0.480 e. The van der Waals surface area contributed by atoms with Crippen LogP contribution >= 0.6 is 0 Å². The Balaban J connectivity index is 1.92. The first kappa shape index (κ1) is 13.7. The molecule has 0 spiro atoms. The standard InChI is InChI=1S/C12H22N2O4/c1-10-8-14(4-7-18-10)11(12(15)16)9-13-2-5-17-6-3-13/h10-11H,2-9H2,1H3,(H,15,16)/t10-,11?/m1/s1. The van der Waals surface area contributed by atoms with Gasteiger partial charge in [0.25, 0.3) is 0 Å². The van der Waals surface area contributed by atoms with Crippen LogP contribution in [0.5, 0.6) is 0 Å². The van der Waals surface area contributed by atoms with E-state index in [1.54, 1.807) is 0 Å². The highest BCUT2D eigenvalue weighted by Crippen LogP contribution is 2.11. The zero-order valence-corrected chi connectivity index (χ0v) is 10.9. The summed E-state index contributed by atoms with van der Waals surface area (Å²) in [5, 5.41) is 9.40. The largest absolute Gasteiger partial charge is 0.480 e. The number of nitrogens with zero attached hydrogens (tertiary/aromatic N) is 2. The van der Waals surface area contributed by atoms with Gasteiger partial charge in [-0.3, -0.25) is 14.6 Å². The number of hydrogen-bond acceptors (Lipinski definition) is 5. The van der Waals surface area contributed by atoms with E-state index in [9.17, 15) is 9.90 Å². The number of carboxylic acids is 1. The molecule has 18 heavy (non-hydrogen) atoms. The van der Waals surface area contributed by atoms with Gasteiger partial charge in [0.2, 0.25) is 0 Å². The Labute approximate surface area is 107 Å². The predicted molar refractivity (Wildman–Crippen MR) is 65.7 cm³/mol. The maximum Gasteiger partial charge on any atom is 0.322 e. The SMILES string of the molecule is C[C@@H]1CN(C(CN2CCOCC2)C(=O)O)CCO1. The van der Waals surface area contributed by atoms with E-state index in [2.05, 4.69) is 4.90 Å². The lowest BCUT2D eigenvalue weighted by atomic mass is 10.2. The lowest BCUT2D eigenvalue weighted by Crippen LogP contribution is -2.55. The number of hydrogen-bond donors (Lipinski definition) is 1. The Hall–Kier alpha value is -0.690. The zero-order chi connectivity index (χ0) is 13.0. The Morgan fingerprint density at radius 1 is 1.33 bits per heavy atom. The molecule has 0 aromatic rings. The van der Waals surface area contributed by atoms with Crippen LogP contribution in [0.15, 0.2) is 0 Å². The molecule has 2 atom stereocenters. The Morgan fingerprint density at radius 3 is 2.67 bits per heavy atom. The third kappa shape index (κ3) is 3.65. The van der Waals surface area contributed by atoms with Gasteiger partial charge in [0, 0.05) is 32.7 Å². The molecule has 6 heteroatoms. The van der Waals surface area contributed by atoms with Crippen LogP contribution in [0.4, 0.5) is 0 Å². The molecule has 2 heterocycles. The normalized spacial score (nSPS) is 29.1. The van der Waals surface area contributed by atoms with Gasteiger partial charge in [-0.15, -0.1) is 0 Å². The van der Waals surface area contributed by atoms with Crippen molar-refractivity contribution in [2.24, 2.45) is 0 Å². The molecule has 0 saturated carbocycles. The molecule has 2 rings (SSSR count). The van der Waals surface area contributed by atoms with E-state index in [1.165, 1.54) is 0 Å². The first-order chi connectivity index (χ1) is 8.66. The number of ether oxygens (including phenoxy) is 2. The molecule has 2 aliphatic heterocycles. The summed E-state index contributed by atoms with van der Waals surface area (Å²) in [6, 6.07) is -0.436. The van der Waals surface area contributed by atoms with Crippen molar-refractivity contribution >= 4 is 5.97 Å². The Bertz CT molecular complexity index is 281. The molecule has 0 aromatic heterocycles. The topological polar surface area (TPSA) is 62.2 Å². The number of rotatable bonds is 4. The average molecular weight is 258 g/mol. The molecule has 2 aliphatic rings. The van der Waals surface area contributed by atoms with E-state index in [4.69, 9.17) is 9.47 Å². The van der Waals surface area contributed by atoms with E-state index in [0.29, 0.717) is 39.5 Å². The summed E-state index contributed by atoms with van der Waals surface area (Å²) in [6.07, 6.45) is 0.116. The Morgan fingerprint density at radius 2 is 2.06 bits per heavy atom. The second-order valence-corrected chi connectivity index (χ2v) is 4.94. The summed E-state index contributed by atoms with van der Waals surface area (Å²) in [7, 11) is 0. The van der Waals surface area contributed by atoms with Crippen molar-refractivity contribution in [3.8, 4) is 0 Å². The highest BCUT2D eigenvalue weighted by Gasteiger charge is 2.31. The van der Waals surface area contributed by atoms with E-state index in [0.717, 1.165) is 13.1 Å². The summed E-state index contributed by atoms with van der Waals surface area (Å²) in [5.74, 6) is -0.740. The highest BCUT2D eigenvalue weighted by atomic mass is 16.5. The van der Waals surface area contributed by atoms with Crippen molar-refractivity contribution < 1.29 is 19.4 Å². The van der Waals surface area contributed by atoms with Crippen LogP contribution in [-0.2, 0) is 14.3 Å². The molecule has 0 aromatic carbocycles. The van der Waals surface area contributed by atoms with Gasteiger partial charge >= 0.3 is 5.97 Å². The molecule has 0 aliphatic carbocycles. The minimum absolute atomic E-state index is 0.116. The van der Waals surface area contributed by atoms with Gasteiger partial charge in [-0.2, -0.15) is 0 Å². The fourth-order valence-electron chi connectivity index (χ4n) is 2.51. The summed E-state index contributed by atoms with van der Waals surface area (Å²) < 4.78 is 10.7. The molecule has 0 amide bonds. The predicted octanol–water partition coefficient (Wildman–Crippen LogP) is -0.507. The smallest absolute Gasteiger partial charge is 0.322 e. The molecule has 2 saturated heterocycles. The minimum atomic E-state index is -0.740. The Kier molecular flexibility index (Phi) is 4.94. The lowest BCUT2D eigenvalue weighted by molar-refractivity contribution is -0.147.